The van der Waals surface area contributed by atoms with Crippen molar-refractivity contribution in [3.8, 4) is 17.6 Å². The Morgan fingerprint density at radius 3 is 2.70 bits per heavy atom. The van der Waals surface area contributed by atoms with Crippen molar-refractivity contribution >= 4 is 0 Å². The minimum atomic E-state index is -0.518. The average molecular weight is 274 g/mol. The van der Waals surface area contributed by atoms with Crippen LogP contribution in [0.1, 0.15) is 11.1 Å². The first-order valence-electron chi connectivity index (χ1n) is 5.95. The van der Waals surface area contributed by atoms with Crippen molar-refractivity contribution in [2.45, 2.75) is 6.61 Å². The highest BCUT2D eigenvalue weighted by Crippen LogP contribution is 2.20. The molecule has 0 amide bonds. The van der Waals surface area contributed by atoms with E-state index in [-0.39, 0.29) is 24.8 Å². The van der Waals surface area contributed by atoms with Gasteiger partial charge in [0.05, 0.1) is 0 Å². The molecule has 0 unspecified atom stereocenters. The van der Waals surface area contributed by atoms with Crippen LogP contribution in [0.2, 0.25) is 0 Å². The van der Waals surface area contributed by atoms with E-state index in [9.17, 15) is 8.78 Å². The Balaban J connectivity index is 2.12. The Hall–Kier alpha value is -2.38. The summed E-state index contributed by atoms with van der Waals surface area (Å²) in [7, 11) is 0. The quantitative estimate of drug-likeness (QED) is 0.872. The third-order valence-electron chi connectivity index (χ3n) is 2.53. The Morgan fingerprint density at radius 1 is 1.10 bits per heavy atom. The maximum absolute atomic E-state index is 13.6. The smallest absolute Gasteiger partial charge is 0.165 e. The summed E-state index contributed by atoms with van der Waals surface area (Å²) in [4.78, 5) is 0. The Labute approximate surface area is 115 Å². The van der Waals surface area contributed by atoms with Gasteiger partial charge in [0, 0.05) is 5.56 Å². The fourth-order valence-corrected chi connectivity index (χ4v) is 1.62. The van der Waals surface area contributed by atoms with Crippen LogP contribution in [0.3, 0.4) is 0 Å². The van der Waals surface area contributed by atoms with E-state index >= 15 is 0 Å². The second-order valence-corrected chi connectivity index (χ2v) is 4.02. The molecule has 20 heavy (non-hydrogen) atoms. The van der Waals surface area contributed by atoms with Crippen LogP contribution in [0.4, 0.5) is 8.78 Å². The van der Waals surface area contributed by atoms with Crippen LogP contribution >= 0.6 is 0 Å². The van der Waals surface area contributed by atoms with Gasteiger partial charge in [-0.1, -0.05) is 24.0 Å². The lowest BCUT2D eigenvalue weighted by atomic mass is 10.2. The van der Waals surface area contributed by atoms with Crippen LogP contribution in [0.25, 0.3) is 0 Å². The van der Waals surface area contributed by atoms with Crippen LogP contribution in [0, 0.1) is 23.5 Å². The van der Waals surface area contributed by atoms with Gasteiger partial charge in [0.1, 0.15) is 19.0 Å². The molecule has 2 aromatic rings. The molecular formula is C16H12F2O2. The summed E-state index contributed by atoms with van der Waals surface area (Å²) >= 11 is 0. The summed E-state index contributed by atoms with van der Waals surface area (Å²) < 4.78 is 31.9. The summed E-state index contributed by atoms with van der Waals surface area (Å²) in [6.45, 7) is -0.206. The van der Waals surface area contributed by atoms with E-state index in [0.29, 0.717) is 11.1 Å². The van der Waals surface area contributed by atoms with Crippen molar-refractivity contribution in [3.05, 3.63) is 65.2 Å². The van der Waals surface area contributed by atoms with Crippen LogP contribution in [-0.4, -0.2) is 11.7 Å². The summed E-state index contributed by atoms with van der Waals surface area (Å²) in [5.41, 5.74) is 1.14. The molecule has 0 aliphatic rings. The third kappa shape index (κ3) is 3.81. The lowest BCUT2D eigenvalue weighted by molar-refractivity contribution is 0.289. The standard InChI is InChI=1S/C16H12F2O2/c17-14-5-1-3-13(9-14)11-20-16-10-12(4-2-8-19)6-7-15(16)18/h1,3,5-7,9-10,19H,8,11H2. The molecule has 2 nitrogen and oxygen atoms in total. The molecule has 0 bridgehead atoms. The van der Waals surface area contributed by atoms with Gasteiger partial charge in [0.15, 0.2) is 11.6 Å². The summed E-state index contributed by atoms with van der Waals surface area (Å²) in [5.74, 6) is 4.29. The topological polar surface area (TPSA) is 29.5 Å². The predicted octanol–water partition coefficient (Wildman–Crippen LogP) is 2.89. The number of aliphatic hydroxyl groups excluding tert-OH is 1. The Morgan fingerprint density at radius 2 is 1.95 bits per heavy atom. The molecule has 0 aliphatic carbocycles. The first-order valence-corrected chi connectivity index (χ1v) is 5.95. The fraction of sp³-hybridized carbons (Fsp3) is 0.125. The van der Waals surface area contributed by atoms with E-state index in [1.54, 1.807) is 12.1 Å². The van der Waals surface area contributed by atoms with E-state index in [0.717, 1.165) is 0 Å². The largest absolute Gasteiger partial charge is 0.486 e. The van der Waals surface area contributed by atoms with Crippen molar-refractivity contribution in [2.24, 2.45) is 0 Å². The fourth-order valence-electron chi connectivity index (χ4n) is 1.62. The molecule has 0 radical (unpaired) electrons. The van der Waals surface area contributed by atoms with Gasteiger partial charge in [-0.2, -0.15) is 0 Å². The van der Waals surface area contributed by atoms with Crippen molar-refractivity contribution in [3.63, 3.8) is 0 Å². The SMILES string of the molecule is OCC#Cc1ccc(F)c(OCc2cccc(F)c2)c1. The van der Waals surface area contributed by atoms with Crippen molar-refractivity contribution in [2.75, 3.05) is 6.61 Å². The average Bonchev–Trinajstić information content (AvgIpc) is 2.45. The second kappa shape index (κ2) is 6.69. The van der Waals surface area contributed by atoms with Gasteiger partial charge in [-0.05, 0) is 35.9 Å². The minimum Gasteiger partial charge on any atom is -0.486 e. The van der Waals surface area contributed by atoms with E-state index in [2.05, 4.69) is 11.8 Å². The van der Waals surface area contributed by atoms with Crippen molar-refractivity contribution in [1.29, 1.82) is 0 Å². The Kier molecular flexibility index (Phi) is 4.70. The highest BCUT2D eigenvalue weighted by molar-refractivity contribution is 5.40. The zero-order chi connectivity index (χ0) is 14.4. The number of hydrogen-bond donors (Lipinski definition) is 1. The number of halogens is 2. The van der Waals surface area contributed by atoms with Gasteiger partial charge in [-0.15, -0.1) is 0 Å². The van der Waals surface area contributed by atoms with E-state index < -0.39 is 5.82 Å². The molecular weight excluding hydrogens is 262 g/mol. The lowest BCUT2D eigenvalue weighted by Crippen LogP contribution is -1.98. The van der Waals surface area contributed by atoms with Gasteiger partial charge >= 0.3 is 0 Å². The first-order chi connectivity index (χ1) is 9.69. The molecule has 2 aromatic carbocycles. The highest BCUT2D eigenvalue weighted by atomic mass is 19.1. The maximum atomic E-state index is 13.6. The second-order valence-electron chi connectivity index (χ2n) is 4.02. The van der Waals surface area contributed by atoms with Gasteiger partial charge < -0.3 is 9.84 Å². The number of benzene rings is 2. The van der Waals surface area contributed by atoms with E-state index in [1.165, 1.54) is 30.3 Å². The summed E-state index contributed by atoms with van der Waals surface area (Å²) in [5, 5.41) is 8.62. The highest BCUT2D eigenvalue weighted by Gasteiger charge is 2.05. The van der Waals surface area contributed by atoms with Gasteiger partial charge in [-0.25, -0.2) is 8.78 Å². The van der Waals surface area contributed by atoms with E-state index in [1.807, 2.05) is 0 Å². The zero-order valence-corrected chi connectivity index (χ0v) is 10.6. The molecule has 0 spiro atoms. The number of hydrogen-bond acceptors (Lipinski definition) is 2. The molecule has 0 aliphatic heterocycles. The molecule has 0 saturated carbocycles. The molecule has 0 aromatic heterocycles. The van der Waals surface area contributed by atoms with Gasteiger partial charge in [0.2, 0.25) is 0 Å². The molecule has 0 saturated heterocycles. The van der Waals surface area contributed by atoms with Crippen LogP contribution < -0.4 is 4.74 Å². The monoisotopic (exact) mass is 274 g/mol. The van der Waals surface area contributed by atoms with E-state index in [4.69, 9.17) is 9.84 Å². The molecule has 4 heteroatoms. The molecule has 102 valence electrons. The lowest BCUT2D eigenvalue weighted by Gasteiger charge is -2.08. The van der Waals surface area contributed by atoms with Crippen LogP contribution in [0.15, 0.2) is 42.5 Å². The number of aliphatic hydroxyl groups is 1. The third-order valence-corrected chi connectivity index (χ3v) is 2.53. The summed E-state index contributed by atoms with van der Waals surface area (Å²) in [6.07, 6.45) is 0. The minimum absolute atomic E-state index is 0.0407. The van der Waals surface area contributed by atoms with Gasteiger partial charge in [0.25, 0.3) is 0 Å². The van der Waals surface area contributed by atoms with Crippen LogP contribution in [0.5, 0.6) is 5.75 Å². The molecule has 1 N–H and O–H groups in total. The molecule has 2 rings (SSSR count). The summed E-state index contributed by atoms with van der Waals surface area (Å²) in [6, 6.07) is 10.1. The normalized spacial score (nSPS) is 9.75. The van der Waals surface area contributed by atoms with Crippen LogP contribution in [-0.2, 0) is 6.61 Å². The molecule has 0 fully saturated rings. The zero-order valence-electron chi connectivity index (χ0n) is 10.6. The van der Waals surface area contributed by atoms with Crippen molar-refractivity contribution < 1.29 is 18.6 Å². The van der Waals surface area contributed by atoms with Crippen molar-refractivity contribution in [1.82, 2.24) is 0 Å². The first kappa shape index (κ1) is 14.0. The Bertz CT molecular complexity index is 657. The molecule has 0 atom stereocenters. The molecule has 0 heterocycles. The van der Waals surface area contributed by atoms with Gasteiger partial charge in [-0.3, -0.25) is 0 Å². The number of ether oxygens (including phenoxy) is 1. The number of rotatable bonds is 3. The predicted molar refractivity (Wildman–Crippen MR) is 71.1 cm³/mol. The maximum Gasteiger partial charge on any atom is 0.165 e.